The Labute approximate surface area is 172 Å². The normalized spacial score (nSPS) is 17.6. The number of rotatable bonds is 6. The largest absolute Gasteiger partial charge is 0.416 e. The van der Waals surface area contributed by atoms with E-state index in [1.807, 2.05) is 7.05 Å². The highest BCUT2D eigenvalue weighted by Crippen LogP contribution is 2.32. The molecule has 0 unspecified atom stereocenters. The number of carbonyl (C=O) groups excluding carboxylic acids is 2. The first-order valence-corrected chi connectivity index (χ1v) is 9.54. The number of aromatic nitrogens is 2. The number of hydrogen-bond donors (Lipinski definition) is 1. The van der Waals surface area contributed by atoms with Gasteiger partial charge in [-0.3, -0.25) is 14.5 Å². The quantitative estimate of drug-likeness (QED) is 0.769. The van der Waals surface area contributed by atoms with Crippen molar-refractivity contribution in [1.29, 1.82) is 0 Å². The lowest BCUT2D eigenvalue weighted by Crippen LogP contribution is -2.56. The minimum atomic E-state index is -4.48. The van der Waals surface area contributed by atoms with Gasteiger partial charge < -0.3 is 14.8 Å². The maximum Gasteiger partial charge on any atom is 0.416 e. The van der Waals surface area contributed by atoms with Crippen LogP contribution in [0.3, 0.4) is 0 Å². The van der Waals surface area contributed by atoms with Crippen molar-refractivity contribution in [3.8, 4) is 0 Å². The molecule has 1 aromatic carbocycles. The van der Waals surface area contributed by atoms with Gasteiger partial charge in [0, 0.05) is 46.1 Å². The summed E-state index contributed by atoms with van der Waals surface area (Å²) in [4.78, 5) is 32.4. The molecule has 2 amide bonds. The van der Waals surface area contributed by atoms with Gasteiger partial charge >= 0.3 is 6.18 Å². The molecular formula is C20H24F3N5O2. The second kappa shape index (κ2) is 8.86. The van der Waals surface area contributed by atoms with Crippen LogP contribution in [0.25, 0.3) is 0 Å². The molecule has 1 saturated heterocycles. The highest BCUT2D eigenvalue weighted by atomic mass is 19.4. The number of imidazole rings is 1. The number of nitrogens with one attached hydrogen (secondary N) is 1. The fraction of sp³-hybridized carbons (Fsp3) is 0.450. The van der Waals surface area contributed by atoms with Crippen LogP contribution >= 0.6 is 0 Å². The van der Waals surface area contributed by atoms with Crippen LogP contribution in [-0.4, -0.2) is 57.3 Å². The van der Waals surface area contributed by atoms with Crippen LogP contribution in [0.4, 0.5) is 13.2 Å². The average molecular weight is 423 g/mol. The summed E-state index contributed by atoms with van der Waals surface area (Å²) in [6, 6.07) is 4.47. The Kier molecular flexibility index (Phi) is 6.45. The fourth-order valence-corrected chi connectivity index (χ4v) is 3.50. The third kappa shape index (κ3) is 4.99. The van der Waals surface area contributed by atoms with E-state index in [9.17, 15) is 22.8 Å². The molecule has 0 bridgehead atoms. The summed E-state index contributed by atoms with van der Waals surface area (Å²) >= 11 is 0. The van der Waals surface area contributed by atoms with Crippen molar-refractivity contribution in [2.45, 2.75) is 31.7 Å². The summed E-state index contributed by atoms with van der Waals surface area (Å²) in [6.07, 6.45) is -1.21. The lowest BCUT2D eigenvalue weighted by Gasteiger charge is -2.35. The van der Waals surface area contributed by atoms with E-state index in [1.165, 1.54) is 23.1 Å². The van der Waals surface area contributed by atoms with E-state index in [-0.39, 0.29) is 36.9 Å². The van der Waals surface area contributed by atoms with Crippen molar-refractivity contribution in [3.63, 3.8) is 0 Å². The zero-order valence-electron chi connectivity index (χ0n) is 16.8. The van der Waals surface area contributed by atoms with Crippen molar-refractivity contribution in [3.05, 3.63) is 53.6 Å². The molecule has 1 fully saturated rings. The lowest BCUT2D eigenvalue weighted by molar-refractivity contribution is -0.140. The Balaban J connectivity index is 1.73. The third-order valence-corrected chi connectivity index (χ3v) is 5.23. The van der Waals surface area contributed by atoms with Gasteiger partial charge in [0.25, 0.3) is 0 Å². The Hall–Kier alpha value is -2.88. The smallest absolute Gasteiger partial charge is 0.353 e. The van der Waals surface area contributed by atoms with Gasteiger partial charge in [-0.1, -0.05) is 18.2 Å². The Morgan fingerprint density at radius 2 is 2.07 bits per heavy atom. The molecule has 1 N–H and O–H groups in total. The molecule has 1 aliphatic rings. The molecule has 2 aromatic rings. The summed E-state index contributed by atoms with van der Waals surface area (Å²) in [5.41, 5.74) is -0.647. The standard InChI is InChI=1S/C20H24F3N5O2/c1-26-9-7-24-17(26)13-27(2)18(29)11-16-19(30)25-8-10-28(16)12-14-5-3-4-6-15(14)20(21,22)23/h3-7,9,16H,8,10-13H2,1-2H3,(H,25,30)/t16-/m0/s1. The number of aryl methyl sites for hydroxylation is 1. The van der Waals surface area contributed by atoms with Crippen LogP contribution in [0.5, 0.6) is 0 Å². The van der Waals surface area contributed by atoms with Gasteiger partial charge in [-0.15, -0.1) is 0 Å². The monoisotopic (exact) mass is 423 g/mol. The number of amides is 2. The van der Waals surface area contributed by atoms with E-state index in [2.05, 4.69) is 10.3 Å². The van der Waals surface area contributed by atoms with E-state index in [0.29, 0.717) is 18.9 Å². The van der Waals surface area contributed by atoms with E-state index >= 15 is 0 Å². The number of piperazine rings is 1. The predicted molar refractivity (Wildman–Crippen MR) is 103 cm³/mol. The molecule has 1 atom stereocenters. The minimum absolute atomic E-state index is 0.0653. The number of hydrogen-bond acceptors (Lipinski definition) is 4. The minimum Gasteiger partial charge on any atom is -0.353 e. The van der Waals surface area contributed by atoms with E-state index in [4.69, 9.17) is 0 Å². The van der Waals surface area contributed by atoms with Gasteiger partial charge in [0.1, 0.15) is 5.82 Å². The number of nitrogens with zero attached hydrogens (tertiary/aromatic N) is 4. The highest BCUT2D eigenvalue weighted by molar-refractivity contribution is 5.88. The highest BCUT2D eigenvalue weighted by Gasteiger charge is 2.36. The Bertz CT molecular complexity index is 912. The molecular weight excluding hydrogens is 399 g/mol. The molecule has 10 heteroatoms. The molecule has 2 heterocycles. The second-order valence-corrected chi connectivity index (χ2v) is 7.34. The molecule has 1 aliphatic heterocycles. The van der Waals surface area contributed by atoms with Gasteiger partial charge in [-0.25, -0.2) is 4.98 Å². The SMILES string of the molecule is CN(Cc1nccn1C)C(=O)C[C@H]1C(=O)NCCN1Cc1ccccc1C(F)(F)F. The number of benzene rings is 1. The molecule has 162 valence electrons. The maximum atomic E-state index is 13.3. The van der Waals surface area contributed by atoms with Gasteiger partial charge in [-0.2, -0.15) is 13.2 Å². The zero-order chi connectivity index (χ0) is 21.9. The van der Waals surface area contributed by atoms with Crippen LogP contribution in [0.15, 0.2) is 36.7 Å². The molecule has 0 saturated carbocycles. The van der Waals surface area contributed by atoms with Crippen LogP contribution < -0.4 is 5.32 Å². The van der Waals surface area contributed by atoms with Crippen LogP contribution in [0, 0.1) is 0 Å². The number of carbonyl (C=O) groups is 2. The topological polar surface area (TPSA) is 70.5 Å². The second-order valence-electron chi connectivity index (χ2n) is 7.34. The van der Waals surface area contributed by atoms with Crippen LogP contribution in [-0.2, 0) is 35.9 Å². The molecule has 30 heavy (non-hydrogen) atoms. The van der Waals surface area contributed by atoms with E-state index in [1.54, 1.807) is 28.9 Å². The molecule has 0 spiro atoms. The summed E-state index contributed by atoms with van der Waals surface area (Å²) < 4.78 is 41.8. The van der Waals surface area contributed by atoms with E-state index in [0.717, 1.165) is 6.07 Å². The Morgan fingerprint density at radius 1 is 1.33 bits per heavy atom. The number of halogens is 3. The summed E-state index contributed by atoms with van der Waals surface area (Å²) in [5.74, 6) is 0.0496. The maximum absolute atomic E-state index is 13.3. The predicted octanol–water partition coefficient (Wildman–Crippen LogP) is 1.79. The van der Waals surface area contributed by atoms with Crippen molar-refractivity contribution in [2.24, 2.45) is 7.05 Å². The molecule has 3 rings (SSSR count). The third-order valence-electron chi connectivity index (χ3n) is 5.23. The van der Waals surface area contributed by atoms with Crippen LogP contribution in [0.2, 0.25) is 0 Å². The lowest BCUT2D eigenvalue weighted by atomic mass is 10.0. The summed E-state index contributed by atoms with van der Waals surface area (Å²) in [7, 11) is 3.43. The van der Waals surface area contributed by atoms with Gasteiger partial charge in [0.05, 0.1) is 24.6 Å². The fourth-order valence-electron chi connectivity index (χ4n) is 3.50. The van der Waals surface area contributed by atoms with Crippen LogP contribution in [0.1, 0.15) is 23.4 Å². The zero-order valence-corrected chi connectivity index (χ0v) is 16.8. The molecule has 1 aromatic heterocycles. The van der Waals surface area contributed by atoms with Crippen molar-refractivity contribution >= 4 is 11.8 Å². The van der Waals surface area contributed by atoms with Gasteiger partial charge in [-0.05, 0) is 11.6 Å². The summed E-state index contributed by atoms with van der Waals surface area (Å²) in [5, 5.41) is 2.70. The van der Waals surface area contributed by atoms with Crippen molar-refractivity contribution in [2.75, 3.05) is 20.1 Å². The molecule has 0 radical (unpaired) electrons. The van der Waals surface area contributed by atoms with Crippen molar-refractivity contribution < 1.29 is 22.8 Å². The van der Waals surface area contributed by atoms with Crippen molar-refractivity contribution in [1.82, 2.24) is 24.7 Å². The summed E-state index contributed by atoms with van der Waals surface area (Å²) in [6.45, 7) is 0.886. The first-order chi connectivity index (χ1) is 14.2. The van der Waals surface area contributed by atoms with Gasteiger partial charge in [0.2, 0.25) is 11.8 Å². The Morgan fingerprint density at radius 3 is 2.73 bits per heavy atom. The number of alkyl halides is 3. The van der Waals surface area contributed by atoms with E-state index < -0.39 is 17.8 Å². The first kappa shape index (κ1) is 21.8. The molecule has 7 nitrogen and oxygen atoms in total. The molecule has 0 aliphatic carbocycles. The average Bonchev–Trinajstić information content (AvgIpc) is 3.08. The van der Waals surface area contributed by atoms with Gasteiger partial charge in [0.15, 0.2) is 0 Å². The first-order valence-electron chi connectivity index (χ1n) is 9.54.